The van der Waals surface area contributed by atoms with Crippen LogP contribution in [-0.2, 0) is 4.74 Å². The van der Waals surface area contributed by atoms with Crippen LogP contribution in [0.25, 0.3) is 0 Å². The molecule has 0 unspecified atom stereocenters. The maximum Gasteiger partial charge on any atom is 0.412 e. The minimum absolute atomic E-state index is 0.0594. The monoisotopic (exact) mass is 343 g/mol. The minimum atomic E-state index is -0.522. The van der Waals surface area contributed by atoms with Crippen LogP contribution in [0, 0.1) is 0 Å². The smallest absolute Gasteiger partial charge is 0.412 e. The molecule has 24 heavy (non-hydrogen) atoms. The molecule has 0 aliphatic heterocycles. The lowest BCUT2D eigenvalue weighted by atomic mass is 10.2. The first-order valence-electron chi connectivity index (χ1n) is 7.62. The van der Waals surface area contributed by atoms with E-state index >= 15 is 0 Å². The number of amides is 1. The number of nitrogens with one attached hydrogen (secondary N) is 1. The van der Waals surface area contributed by atoms with Crippen LogP contribution >= 0.6 is 11.8 Å². The number of Topliss-reactive ketones (excluding diaryl/α,β-unsaturated/α-hetero) is 1. The molecule has 0 atom stereocenters. The van der Waals surface area contributed by atoms with Gasteiger partial charge in [0.2, 0.25) is 0 Å². The predicted molar refractivity (Wildman–Crippen MR) is 96.9 cm³/mol. The zero-order valence-electron chi connectivity index (χ0n) is 14.3. The van der Waals surface area contributed by atoms with Crippen molar-refractivity contribution in [3.63, 3.8) is 0 Å². The third-order valence-electron chi connectivity index (χ3n) is 3.00. The molecule has 0 saturated carbocycles. The van der Waals surface area contributed by atoms with Crippen LogP contribution < -0.4 is 5.32 Å². The second-order valence-electron chi connectivity index (χ2n) is 6.33. The van der Waals surface area contributed by atoms with Crippen molar-refractivity contribution in [3.8, 4) is 0 Å². The fraction of sp³-hybridized carbons (Fsp3) is 0.263. The largest absolute Gasteiger partial charge is 0.444 e. The highest BCUT2D eigenvalue weighted by Crippen LogP contribution is 2.28. The molecule has 0 aliphatic carbocycles. The third kappa shape index (κ3) is 5.74. The highest BCUT2D eigenvalue weighted by Gasteiger charge is 2.16. The maximum atomic E-state index is 11.7. The van der Waals surface area contributed by atoms with Gasteiger partial charge in [0.15, 0.2) is 5.78 Å². The minimum Gasteiger partial charge on any atom is -0.444 e. The van der Waals surface area contributed by atoms with Gasteiger partial charge in [0, 0.05) is 21.0 Å². The van der Waals surface area contributed by atoms with E-state index in [9.17, 15) is 9.59 Å². The van der Waals surface area contributed by atoms with Crippen molar-refractivity contribution in [1.82, 2.24) is 0 Å². The Morgan fingerprint density at radius 2 is 1.42 bits per heavy atom. The molecule has 1 N–H and O–H groups in total. The summed E-state index contributed by atoms with van der Waals surface area (Å²) in [7, 11) is 0. The average molecular weight is 343 g/mol. The maximum absolute atomic E-state index is 11.7. The van der Waals surface area contributed by atoms with Crippen LogP contribution in [0.15, 0.2) is 58.3 Å². The summed E-state index contributed by atoms with van der Waals surface area (Å²) in [5.74, 6) is 0.0594. The van der Waals surface area contributed by atoms with E-state index in [1.165, 1.54) is 0 Å². The third-order valence-corrected chi connectivity index (χ3v) is 4.01. The SMILES string of the molecule is CC(=O)c1ccc(Sc2ccc(NC(=O)OC(C)(C)C)cc2)cc1. The molecular formula is C19H21NO3S. The van der Waals surface area contributed by atoms with Crippen molar-refractivity contribution >= 4 is 29.3 Å². The zero-order chi connectivity index (χ0) is 17.7. The van der Waals surface area contributed by atoms with Crippen LogP contribution in [0.1, 0.15) is 38.1 Å². The molecule has 0 heterocycles. The molecule has 2 rings (SSSR count). The molecule has 0 spiro atoms. The normalized spacial score (nSPS) is 11.0. The van der Waals surface area contributed by atoms with Gasteiger partial charge in [-0.1, -0.05) is 23.9 Å². The van der Waals surface area contributed by atoms with Gasteiger partial charge < -0.3 is 4.74 Å². The number of hydrogen-bond acceptors (Lipinski definition) is 4. The number of hydrogen-bond donors (Lipinski definition) is 1. The zero-order valence-corrected chi connectivity index (χ0v) is 15.1. The first-order chi connectivity index (χ1) is 11.2. The van der Waals surface area contributed by atoms with Gasteiger partial charge in [0.05, 0.1) is 0 Å². The van der Waals surface area contributed by atoms with Crippen LogP contribution in [-0.4, -0.2) is 17.5 Å². The molecule has 0 saturated heterocycles. The van der Waals surface area contributed by atoms with Gasteiger partial charge >= 0.3 is 6.09 Å². The Kier molecular flexibility index (Phi) is 5.67. The van der Waals surface area contributed by atoms with E-state index < -0.39 is 11.7 Å². The molecule has 2 aromatic rings. The van der Waals surface area contributed by atoms with Crippen molar-refractivity contribution in [3.05, 3.63) is 54.1 Å². The lowest BCUT2D eigenvalue weighted by Gasteiger charge is -2.19. The second kappa shape index (κ2) is 7.53. The lowest BCUT2D eigenvalue weighted by Crippen LogP contribution is -2.27. The second-order valence-corrected chi connectivity index (χ2v) is 7.48. The van der Waals surface area contributed by atoms with Gasteiger partial charge in [-0.15, -0.1) is 0 Å². The first-order valence-corrected chi connectivity index (χ1v) is 8.43. The summed E-state index contributed by atoms with van der Waals surface area (Å²) in [5, 5.41) is 2.70. The standard InChI is InChI=1S/C19H21NO3S/c1-13(21)14-5-9-16(10-6-14)24-17-11-7-15(8-12-17)20-18(22)23-19(2,3)4/h5-12H,1-4H3,(H,20,22). The topological polar surface area (TPSA) is 55.4 Å². The highest BCUT2D eigenvalue weighted by molar-refractivity contribution is 7.99. The Morgan fingerprint density at radius 1 is 0.917 bits per heavy atom. The van der Waals surface area contributed by atoms with E-state index in [1.807, 2.05) is 69.3 Å². The molecule has 5 heteroatoms. The summed E-state index contributed by atoms with van der Waals surface area (Å²) in [4.78, 5) is 25.1. The Hall–Kier alpha value is -2.27. The van der Waals surface area contributed by atoms with Crippen LogP contribution in [0.2, 0.25) is 0 Å². The van der Waals surface area contributed by atoms with Gasteiger partial charge in [0.25, 0.3) is 0 Å². The first kappa shape index (κ1) is 18.1. The number of carbonyl (C=O) groups is 2. The molecule has 0 aromatic heterocycles. The molecule has 126 valence electrons. The fourth-order valence-corrected chi connectivity index (χ4v) is 2.74. The molecule has 1 amide bonds. The number of benzene rings is 2. The Bertz CT molecular complexity index is 716. The van der Waals surface area contributed by atoms with Crippen LogP contribution in [0.5, 0.6) is 0 Å². The molecule has 2 aromatic carbocycles. The summed E-state index contributed by atoms with van der Waals surface area (Å²) in [6, 6.07) is 15.0. The predicted octanol–water partition coefficient (Wildman–Crippen LogP) is 5.39. The van der Waals surface area contributed by atoms with E-state index in [1.54, 1.807) is 18.7 Å². The van der Waals surface area contributed by atoms with E-state index in [0.29, 0.717) is 11.3 Å². The Balaban J connectivity index is 1.96. The van der Waals surface area contributed by atoms with Crippen molar-refractivity contribution < 1.29 is 14.3 Å². The van der Waals surface area contributed by atoms with E-state index in [-0.39, 0.29) is 5.78 Å². The molecule has 0 fully saturated rings. The molecular weight excluding hydrogens is 322 g/mol. The van der Waals surface area contributed by atoms with E-state index in [0.717, 1.165) is 9.79 Å². The van der Waals surface area contributed by atoms with Crippen molar-refractivity contribution in [2.75, 3.05) is 5.32 Å². The summed E-state index contributed by atoms with van der Waals surface area (Å²) < 4.78 is 5.22. The summed E-state index contributed by atoms with van der Waals surface area (Å²) in [5.41, 5.74) is 0.864. The summed E-state index contributed by atoms with van der Waals surface area (Å²) in [6.07, 6.45) is -0.470. The number of ketones is 1. The number of carbonyl (C=O) groups excluding carboxylic acids is 2. The van der Waals surface area contributed by atoms with E-state index in [2.05, 4.69) is 5.32 Å². The van der Waals surface area contributed by atoms with Crippen LogP contribution in [0.4, 0.5) is 10.5 Å². The summed E-state index contributed by atoms with van der Waals surface area (Å²) >= 11 is 1.59. The number of rotatable bonds is 4. The van der Waals surface area contributed by atoms with Gasteiger partial charge in [-0.2, -0.15) is 0 Å². The van der Waals surface area contributed by atoms with Gasteiger partial charge in [-0.05, 0) is 64.1 Å². The van der Waals surface area contributed by atoms with Crippen LogP contribution in [0.3, 0.4) is 0 Å². The quantitative estimate of drug-likeness (QED) is 0.757. The van der Waals surface area contributed by atoms with Crippen molar-refractivity contribution in [1.29, 1.82) is 0 Å². The lowest BCUT2D eigenvalue weighted by molar-refractivity contribution is 0.0635. The Morgan fingerprint density at radius 3 is 1.88 bits per heavy atom. The summed E-state index contributed by atoms with van der Waals surface area (Å²) in [6.45, 7) is 7.02. The number of anilines is 1. The molecule has 4 nitrogen and oxygen atoms in total. The number of ether oxygens (including phenoxy) is 1. The van der Waals surface area contributed by atoms with Crippen molar-refractivity contribution in [2.45, 2.75) is 43.1 Å². The van der Waals surface area contributed by atoms with Gasteiger partial charge in [-0.3, -0.25) is 10.1 Å². The average Bonchev–Trinajstić information content (AvgIpc) is 2.48. The van der Waals surface area contributed by atoms with Gasteiger partial charge in [0.1, 0.15) is 5.60 Å². The highest BCUT2D eigenvalue weighted by atomic mass is 32.2. The molecule has 0 radical (unpaired) electrons. The molecule has 0 bridgehead atoms. The van der Waals surface area contributed by atoms with Crippen molar-refractivity contribution in [2.24, 2.45) is 0 Å². The molecule has 0 aliphatic rings. The Labute approximate surface area is 146 Å². The van der Waals surface area contributed by atoms with Gasteiger partial charge in [-0.25, -0.2) is 4.79 Å². The van der Waals surface area contributed by atoms with E-state index in [4.69, 9.17) is 4.74 Å². The fourth-order valence-electron chi connectivity index (χ4n) is 1.92.